The van der Waals surface area contributed by atoms with Gasteiger partial charge in [-0.2, -0.15) is 0 Å². The minimum Gasteiger partial charge on any atom is -0.508 e. The fourth-order valence-electron chi connectivity index (χ4n) is 3.49. The lowest BCUT2D eigenvalue weighted by molar-refractivity contribution is 0.0696. The summed E-state index contributed by atoms with van der Waals surface area (Å²) in [4.78, 5) is 28.0. The topological polar surface area (TPSA) is 144 Å². The fourth-order valence-corrected chi connectivity index (χ4v) is 3.49. The van der Waals surface area contributed by atoms with Gasteiger partial charge < -0.3 is 21.7 Å². The summed E-state index contributed by atoms with van der Waals surface area (Å²) in [5.74, 6) is -1.63. The number of pyridine rings is 1. The lowest BCUT2D eigenvalue weighted by Crippen LogP contribution is -2.14. The molecule has 0 saturated carbocycles. The number of fused-ring (bicyclic) bond motifs is 1. The number of rotatable bonds is 4. The number of carboxylic acid groups (broad SMARTS) is 1. The van der Waals surface area contributed by atoms with Crippen LogP contribution in [-0.2, 0) is 0 Å². The monoisotopic (exact) mass is 402 g/mol. The number of benzene rings is 2. The predicted octanol–water partition coefficient (Wildman–Crippen LogP) is 3.09. The van der Waals surface area contributed by atoms with Crippen LogP contribution in [0.15, 0.2) is 54.6 Å². The number of nitrogen functional groups attached to an aromatic ring is 1. The van der Waals surface area contributed by atoms with Crippen molar-refractivity contribution in [2.45, 2.75) is 6.92 Å². The number of nitrogens with zero attached hydrogens (tertiary/aromatic N) is 2. The number of hydrogen-bond donors (Lipinski definition) is 4. The van der Waals surface area contributed by atoms with E-state index in [9.17, 15) is 19.8 Å². The molecule has 0 atom stereocenters. The number of carbonyl (C=O) groups is 2. The summed E-state index contributed by atoms with van der Waals surface area (Å²) in [6.45, 7) is 1.85. The Morgan fingerprint density at radius 1 is 1.07 bits per heavy atom. The molecule has 2 aromatic carbocycles. The number of carboxylic acids is 1. The molecule has 0 unspecified atom stereocenters. The maximum atomic E-state index is 12.2. The molecule has 8 heteroatoms. The van der Waals surface area contributed by atoms with Gasteiger partial charge in [0.25, 0.3) is 5.91 Å². The van der Waals surface area contributed by atoms with Gasteiger partial charge in [-0.3, -0.25) is 9.36 Å². The number of hydrogen-bond acceptors (Lipinski definition) is 5. The summed E-state index contributed by atoms with van der Waals surface area (Å²) in [6.07, 6.45) is 0. The molecule has 4 rings (SSSR count). The second-order valence-electron chi connectivity index (χ2n) is 6.88. The largest absolute Gasteiger partial charge is 0.508 e. The van der Waals surface area contributed by atoms with Gasteiger partial charge in [0.1, 0.15) is 22.6 Å². The minimum absolute atomic E-state index is 0.0486. The summed E-state index contributed by atoms with van der Waals surface area (Å²) in [7, 11) is 0. The Hall–Kier alpha value is -4.33. The number of phenolic OH excluding ortho intramolecular Hbond substituents is 1. The van der Waals surface area contributed by atoms with Crippen LogP contribution in [0.3, 0.4) is 0 Å². The van der Waals surface area contributed by atoms with E-state index in [0.29, 0.717) is 28.0 Å². The zero-order valence-electron chi connectivity index (χ0n) is 16.0. The Kier molecular flexibility index (Phi) is 4.39. The highest BCUT2D eigenvalue weighted by Gasteiger charge is 2.23. The summed E-state index contributed by atoms with van der Waals surface area (Å²) < 4.78 is 1.62. The van der Waals surface area contributed by atoms with Crippen molar-refractivity contribution in [3.05, 3.63) is 71.3 Å². The smallest absolute Gasteiger partial charge is 0.335 e. The Balaban J connectivity index is 2.01. The molecule has 150 valence electrons. The first-order chi connectivity index (χ1) is 14.3. The molecule has 0 fully saturated rings. The number of anilines is 1. The molecule has 6 N–H and O–H groups in total. The van der Waals surface area contributed by atoms with E-state index in [-0.39, 0.29) is 22.7 Å². The summed E-state index contributed by atoms with van der Waals surface area (Å²) in [6, 6.07) is 14.6. The first kappa shape index (κ1) is 19.0. The van der Waals surface area contributed by atoms with Crippen molar-refractivity contribution in [1.82, 2.24) is 9.55 Å². The second-order valence-corrected chi connectivity index (χ2v) is 6.88. The second kappa shape index (κ2) is 6.93. The summed E-state index contributed by atoms with van der Waals surface area (Å²) in [5, 5.41) is 19.2. The van der Waals surface area contributed by atoms with Gasteiger partial charge in [0.2, 0.25) is 0 Å². The number of aromatic carboxylic acids is 1. The van der Waals surface area contributed by atoms with Gasteiger partial charge in [-0.25, -0.2) is 9.78 Å². The van der Waals surface area contributed by atoms with Crippen molar-refractivity contribution >= 4 is 28.7 Å². The zero-order valence-corrected chi connectivity index (χ0v) is 16.0. The Bertz CT molecular complexity index is 1340. The number of aromatic hydroxyl groups is 1. The van der Waals surface area contributed by atoms with E-state index in [1.165, 1.54) is 12.1 Å². The van der Waals surface area contributed by atoms with E-state index in [1.807, 2.05) is 6.92 Å². The van der Waals surface area contributed by atoms with Crippen molar-refractivity contribution in [1.29, 1.82) is 0 Å². The van der Waals surface area contributed by atoms with Crippen molar-refractivity contribution in [2.75, 3.05) is 5.73 Å². The van der Waals surface area contributed by atoms with Gasteiger partial charge in [-0.15, -0.1) is 0 Å². The zero-order chi connectivity index (χ0) is 21.6. The minimum atomic E-state index is -1.05. The number of nitrogens with two attached hydrogens (primary N) is 2. The molecular weight excluding hydrogens is 384 g/mol. The highest BCUT2D eigenvalue weighted by atomic mass is 16.4. The van der Waals surface area contributed by atoms with Crippen molar-refractivity contribution in [3.8, 4) is 22.7 Å². The number of carbonyl (C=O) groups excluding carboxylic acids is 1. The van der Waals surface area contributed by atoms with Gasteiger partial charge in [-0.1, -0.05) is 18.2 Å². The van der Waals surface area contributed by atoms with E-state index in [0.717, 1.165) is 5.56 Å². The third-order valence-corrected chi connectivity index (χ3v) is 4.93. The Morgan fingerprint density at radius 3 is 2.53 bits per heavy atom. The third kappa shape index (κ3) is 3.00. The highest BCUT2D eigenvalue weighted by Crippen LogP contribution is 2.34. The fraction of sp³-hybridized carbons (Fsp3) is 0.0455. The van der Waals surface area contributed by atoms with Crippen molar-refractivity contribution in [3.63, 3.8) is 0 Å². The van der Waals surface area contributed by atoms with E-state index >= 15 is 0 Å². The molecule has 0 saturated heterocycles. The van der Waals surface area contributed by atoms with Crippen LogP contribution >= 0.6 is 0 Å². The maximum Gasteiger partial charge on any atom is 0.335 e. The number of phenols is 1. The lowest BCUT2D eigenvalue weighted by Gasteiger charge is -2.12. The Labute approximate surface area is 171 Å². The molecular formula is C22H18N4O4. The summed E-state index contributed by atoms with van der Waals surface area (Å²) >= 11 is 0. The first-order valence-corrected chi connectivity index (χ1v) is 9.02. The van der Waals surface area contributed by atoms with Gasteiger partial charge in [0.15, 0.2) is 0 Å². The van der Waals surface area contributed by atoms with Gasteiger partial charge in [0, 0.05) is 11.6 Å². The molecule has 2 aromatic heterocycles. The average molecular weight is 402 g/mol. The SMILES string of the molecule is Cc1ccc(O)cc1-n1c(N)c(C(N)=O)c2nc(-c3cccc(C(=O)O)c3)ccc21. The number of primary amides is 1. The molecule has 0 spiro atoms. The molecule has 30 heavy (non-hydrogen) atoms. The van der Waals surface area contributed by atoms with E-state index < -0.39 is 11.9 Å². The summed E-state index contributed by atoms with van der Waals surface area (Å²) in [5.41, 5.74) is 15.3. The lowest BCUT2D eigenvalue weighted by atomic mass is 10.1. The molecule has 8 nitrogen and oxygen atoms in total. The van der Waals surface area contributed by atoms with Crippen LogP contribution < -0.4 is 11.5 Å². The molecule has 2 heterocycles. The van der Waals surface area contributed by atoms with Gasteiger partial charge in [-0.05, 0) is 42.8 Å². The predicted molar refractivity (Wildman–Crippen MR) is 113 cm³/mol. The number of amides is 1. The van der Waals surface area contributed by atoms with E-state index in [1.54, 1.807) is 47.0 Å². The van der Waals surface area contributed by atoms with E-state index in [4.69, 9.17) is 11.5 Å². The van der Waals surface area contributed by atoms with E-state index in [2.05, 4.69) is 4.98 Å². The van der Waals surface area contributed by atoms with Crippen LogP contribution in [0, 0.1) is 6.92 Å². The molecule has 0 aliphatic rings. The van der Waals surface area contributed by atoms with Crippen molar-refractivity contribution < 1.29 is 19.8 Å². The number of aryl methyl sites for hydroxylation is 1. The average Bonchev–Trinajstić information content (AvgIpc) is 3.01. The normalized spacial score (nSPS) is 11.0. The standard InChI is InChI=1S/C22H18N4O4/c1-11-5-6-14(27)10-17(11)26-16-8-7-15(12-3-2-4-13(9-12)22(29)30)25-19(16)18(20(26)23)21(24)28/h2-10,27H,23H2,1H3,(H2,24,28)(H,29,30). The first-order valence-electron chi connectivity index (χ1n) is 9.02. The Morgan fingerprint density at radius 2 is 1.83 bits per heavy atom. The van der Waals surface area contributed by atoms with Crippen LogP contribution in [0.4, 0.5) is 5.82 Å². The van der Waals surface area contributed by atoms with Crippen LogP contribution in [0.1, 0.15) is 26.3 Å². The van der Waals surface area contributed by atoms with Crippen LogP contribution in [0.5, 0.6) is 5.75 Å². The molecule has 1 amide bonds. The highest BCUT2D eigenvalue weighted by molar-refractivity contribution is 6.10. The van der Waals surface area contributed by atoms with Crippen molar-refractivity contribution in [2.24, 2.45) is 5.73 Å². The maximum absolute atomic E-state index is 12.2. The molecule has 4 aromatic rings. The molecule has 0 radical (unpaired) electrons. The van der Waals surface area contributed by atoms with Crippen LogP contribution in [0.2, 0.25) is 0 Å². The molecule has 0 aliphatic heterocycles. The number of aromatic nitrogens is 2. The molecule has 0 bridgehead atoms. The van der Waals surface area contributed by atoms with Crippen LogP contribution in [0.25, 0.3) is 28.0 Å². The third-order valence-electron chi connectivity index (χ3n) is 4.93. The van der Waals surface area contributed by atoms with Crippen LogP contribution in [-0.4, -0.2) is 31.6 Å². The van der Waals surface area contributed by atoms with Gasteiger partial charge >= 0.3 is 5.97 Å². The quantitative estimate of drug-likeness (QED) is 0.413. The molecule has 0 aliphatic carbocycles. The van der Waals surface area contributed by atoms with Gasteiger partial charge in [0.05, 0.1) is 22.5 Å².